The van der Waals surface area contributed by atoms with Crippen LogP contribution in [0.4, 0.5) is 0 Å². The van der Waals surface area contributed by atoms with Gasteiger partial charge in [-0.05, 0) is 43.0 Å². The fourth-order valence-electron chi connectivity index (χ4n) is 4.32. The molecule has 0 saturated carbocycles. The zero-order valence-corrected chi connectivity index (χ0v) is 19.3. The van der Waals surface area contributed by atoms with Gasteiger partial charge < -0.3 is 23.9 Å². The number of carbonyl (C=O) groups is 1. The molecule has 8 heteroatoms. The topological polar surface area (TPSA) is 86.1 Å². The number of aryl methyl sites for hydroxylation is 1. The minimum absolute atomic E-state index is 0.0850. The van der Waals surface area contributed by atoms with Gasteiger partial charge in [0.05, 0.1) is 12.6 Å². The van der Waals surface area contributed by atoms with Crippen LogP contribution in [0.3, 0.4) is 0 Å². The molecule has 0 aliphatic carbocycles. The first-order valence-corrected chi connectivity index (χ1v) is 11.6. The highest BCUT2D eigenvalue weighted by Gasteiger charge is 2.20. The number of fused-ring (bicyclic) bond motifs is 1. The third-order valence-corrected chi connectivity index (χ3v) is 5.99. The molecule has 1 amide bonds. The van der Waals surface area contributed by atoms with E-state index in [9.17, 15) is 4.79 Å². The molecule has 1 saturated heterocycles. The smallest absolute Gasteiger partial charge is 0.273 e. The van der Waals surface area contributed by atoms with Crippen LogP contribution < -0.4 is 14.8 Å². The molecule has 3 aromatic rings. The van der Waals surface area contributed by atoms with Crippen molar-refractivity contribution in [3.63, 3.8) is 0 Å². The second kappa shape index (κ2) is 10.3. The van der Waals surface area contributed by atoms with Crippen LogP contribution in [0.2, 0.25) is 0 Å². The highest BCUT2D eigenvalue weighted by atomic mass is 16.7. The van der Waals surface area contributed by atoms with Gasteiger partial charge in [-0.15, -0.1) is 0 Å². The van der Waals surface area contributed by atoms with Crippen LogP contribution in [0.15, 0.2) is 53.1 Å². The molecular formula is C26H29N3O5. The molecule has 2 aliphatic rings. The summed E-state index contributed by atoms with van der Waals surface area (Å²) in [6, 6.07) is 14.4. The van der Waals surface area contributed by atoms with Gasteiger partial charge in [0.25, 0.3) is 5.91 Å². The Morgan fingerprint density at radius 3 is 2.76 bits per heavy atom. The number of rotatable bonds is 9. The second-order valence-electron chi connectivity index (χ2n) is 8.79. The zero-order chi connectivity index (χ0) is 23.3. The van der Waals surface area contributed by atoms with Gasteiger partial charge in [-0.1, -0.05) is 35.9 Å². The zero-order valence-electron chi connectivity index (χ0n) is 19.3. The molecule has 178 valence electrons. The van der Waals surface area contributed by atoms with E-state index in [4.69, 9.17) is 18.6 Å². The van der Waals surface area contributed by atoms with Crippen molar-refractivity contribution in [1.82, 2.24) is 15.2 Å². The van der Waals surface area contributed by atoms with Crippen LogP contribution in [-0.2, 0) is 24.4 Å². The molecule has 34 heavy (non-hydrogen) atoms. The Balaban J connectivity index is 1.27. The van der Waals surface area contributed by atoms with Crippen LogP contribution in [0.5, 0.6) is 11.5 Å². The summed E-state index contributed by atoms with van der Waals surface area (Å²) in [5.74, 6) is 1.77. The van der Waals surface area contributed by atoms with Crippen molar-refractivity contribution in [1.29, 1.82) is 0 Å². The SMILES string of the molecule is Cc1cccc(CN(Cc2ccc3c(c2)OCO3)Cc2nc(C(=O)NCC3CCCO3)co2)c1. The molecule has 0 radical (unpaired) electrons. The molecule has 0 spiro atoms. The van der Waals surface area contributed by atoms with E-state index in [0.29, 0.717) is 32.1 Å². The standard InChI is InChI=1S/C26H29N3O5/c1-18-4-2-5-19(10-18)13-29(14-20-7-8-23-24(11-20)34-17-33-23)15-25-28-22(16-32-25)26(30)27-12-21-6-3-9-31-21/h2,4-5,7-8,10-11,16,21H,3,6,9,12-15,17H2,1H3,(H,27,30). The van der Waals surface area contributed by atoms with Crippen molar-refractivity contribution in [2.45, 2.75) is 45.5 Å². The molecule has 1 atom stereocenters. The number of nitrogens with one attached hydrogen (secondary N) is 1. The summed E-state index contributed by atoms with van der Waals surface area (Å²) in [6.45, 7) is 5.41. The van der Waals surface area contributed by atoms with Crippen molar-refractivity contribution in [3.8, 4) is 11.5 Å². The monoisotopic (exact) mass is 463 g/mol. The molecule has 0 bridgehead atoms. The number of carbonyl (C=O) groups excluding carboxylic acids is 1. The highest BCUT2D eigenvalue weighted by molar-refractivity contribution is 5.91. The summed E-state index contributed by atoms with van der Waals surface area (Å²) in [5, 5.41) is 2.89. The Morgan fingerprint density at radius 2 is 1.94 bits per heavy atom. The number of ether oxygens (including phenoxy) is 3. The maximum absolute atomic E-state index is 12.5. The van der Waals surface area contributed by atoms with Crippen molar-refractivity contribution in [2.24, 2.45) is 0 Å². The van der Waals surface area contributed by atoms with E-state index >= 15 is 0 Å². The summed E-state index contributed by atoms with van der Waals surface area (Å²) < 4.78 is 22.2. The lowest BCUT2D eigenvalue weighted by atomic mass is 10.1. The van der Waals surface area contributed by atoms with Gasteiger partial charge in [-0.2, -0.15) is 0 Å². The van der Waals surface area contributed by atoms with Crippen molar-refractivity contribution < 1.29 is 23.4 Å². The molecule has 2 aromatic carbocycles. The number of oxazole rings is 1. The number of amides is 1. The summed E-state index contributed by atoms with van der Waals surface area (Å²) in [4.78, 5) is 19.2. The summed E-state index contributed by atoms with van der Waals surface area (Å²) >= 11 is 0. The number of hydrogen-bond acceptors (Lipinski definition) is 7. The quantitative estimate of drug-likeness (QED) is 0.516. The summed E-state index contributed by atoms with van der Waals surface area (Å²) in [5.41, 5.74) is 3.79. The lowest BCUT2D eigenvalue weighted by Crippen LogP contribution is -2.32. The van der Waals surface area contributed by atoms with E-state index in [0.717, 1.165) is 36.5 Å². The number of hydrogen-bond donors (Lipinski definition) is 1. The highest BCUT2D eigenvalue weighted by Crippen LogP contribution is 2.33. The fourth-order valence-corrected chi connectivity index (χ4v) is 4.32. The second-order valence-corrected chi connectivity index (χ2v) is 8.79. The van der Waals surface area contributed by atoms with Gasteiger partial charge in [0, 0.05) is 26.2 Å². The van der Waals surface area contributed by atoms with Crippen LogP contribution in [0, 0.1) is 6.92 Å². The van der Waals surface area contributed by atoms with Crippen LogP contribution in [0.25, 0.3) is 0 Å². The molecule has 1 unspecified atom stereocenters. The summed E-state index contributed by atoms with van der Waals surface area (Å²) in [7, 11) is 0. The van der Waals surface area contributed by atoms with Gasteiger partial charge in [-0.25, -0.2) is 4.98 Å². The largest absolute Gasteiger partial charge is 0.454 e. The number of nitrogens with zero attached hydrogens (tertiary/aromatic N) is 2. The Bertz CT molecular complexity index is 1140. The van der Waals surface area contributed by atoms with Crippen LogP contribution >= 0.6 is 0 Å². The predicted molar refractivity (Wildman–Crippen MR) is 125 cm³/mol. The fraction of sp³-hybridized carbons (Fsp3) is 0.385. The van der Waals surface area contributed by atoms with E-state index in [1.807, 2.05) is 18.2 Å². The number of aromatic nitrogens is 1. The van der Waals surface area contributed by atoms with E-state index < -0.39 is 0 Å². The molecule has 8 nitrogen and oxygen atoms in total. The Labute approximate surface area is 198 Å². The lowest BCUT2D eigenvalue weighted by Gasteiger charge is -2.21. The van der Waals surface area contributed by atoms with Crippen LogP contribution in [-0.4, -0.2) is 41.8 Å². The average molecular weight is 464 g/mol. The van der Waals surface area contributed by atoms with E-state index in [2.05, 4.69) is 46.4 Å². The first-order valence-electron chi connectivity index (χ1n) is 11.6. The summed E-state index contributed by atoms with van der Waals surface area (Å²) in [6.07, 6.45) is 3.51. The van der Waals surface area contributed by atoms with Crippen molar-refractivity contribution >= 4 is 5.91 Å². The normalized spacial score (nSPS) is 16.8. The molecular weight excluding hydrogens is 434 g/mol. The first kappa shape index (κ1) is 22.4. The third-order valence-electron chi connectivity index (χ3n) is 5.99. The van der Waals surface area contributed by atoms with E-state index in [-0.39, 0.29) is 24.5 Å². The maximum Gasteiger partial charge on any atom is 0.273 e. The number of benzene rings is 2. The molecule has 2 aliphatic heterocycles. The Hall–Kier alpha value is -3.36. The Morgan fingerprint density at radius 1 is 1.09 bits per heavy atom. The van der Waals surface area contributed by atoms with Crippen molar-refractivity contribution in [2.75, 3.05) is 19.9 Å². The van der Waals surface area contributed by atoms with Crippen molar-refractivity contribution in [3.05, 3.63) is 77.0 Å². The van der Waals surface area contributed by atoms with Crippen LogP contribution in [0.1, 0.15) is 45.9 Å². The molecule has 1 fully saturated rings. The lowest BCUT2D eigenvalue weighted by molar-refractivity contribution is 0.0853. The molecule has 3 heterocycles. The Kier molecular flexibility index (Phi) is 6.78. The van der Waals surface area contributed by atoms with Gasteiger partial charge in [0.15, 0.2) is 17.2 Å². The van der Waals surface area contributed by atoms with Gasteiger partial charge in [0.2, 0.25) is 12.7 Å². The maximum atomic E-state index is 12.5. The molecule has 5 rings (SSSR count). The minimum atomic E-state index is -0.244. The minimum Gasteiger partial charge on any atom is -0.454 e. The molecule has 1 N–H and O–H groups in total. The van der Waals surface area contributed by atoms with Gasteiger partial charge in [0.1, 0.15) is 6.26 Å². The predicted octanol–water partition coefficient (Wildman–Crippen LogP) is 3.82. The third kappa shape index (κ3) is 5.58. The van der Waals surface area contributed by atoms with E-state index in [1.165, 1.54) is 17.4 Å². The van der Waals surface area contributed by atoms with Gasteiger partial charge >= 0.3 is 0 Å². The van der Waals surface area contributed by atoms with Gasteiger partial charge in [-0.3, -0.25) is 9.69 Å². The van der Waals surface area contributed by atoms with E-state index in [1.54, 1.807) is 0 Å². The first-order chi connectivity index (χ1) is 16.6. The average Bonchev–Trinajstić information content (AvgIpc) is 3.59. The molecule has 1 aromatic heterocycles.